The van der Waals surface area contributed by atoms with Crippen LogP contribution < -0.4 is 4.90 Å². The number of para-hydroxylation sites is 4. The third kappa shape index (κ3) is 6.47. The molecule has 0 spiro atoms. The molecule has 0 amide bonds. The fourth-order valence-corrected chi connectivity index (χ4v) is 13.1. The lowest BCUT2D eigenvalue weighted by Gasteiger charge is -2.55. The zero-order valence-electron chi connectivity index (χ0n) is 38.1. The molecule has 14 rings (SSSR count). The summed E-state index contributed by atoms with van der Waals surface area (Å²) < 4.78 is 13.3. The molecular weight excluding hydrogens is 827 g/mol. The molecule has 4 atom stereocenters. The van der Waals surface area contributed by atoms with Crippen LogP contribution in [0.15, 0.2) is 215 Å². The zero-order valence-corrected chi connectivity index (χ0v) is 38.1. The van der Waals surface area contributed by atoms with E-state index < -0.39 is 0 Å². The van der Waals surface area contributed by atoms with E-state index in [9.17, 15) is 0 Å². The van der Waals surface area contributed by atoms with Crippen molar-refractivity contribution in [3.05, 3.63) is 212 Å². The van der Waals surface area contributed by atoms with Crippen molar-refractivity contribution in [1.29, 1.82) is 0 Å². The number of anilines is 3. The molecule has 3 heteroatoms. The fourth-order valence-electron chi connectivity index (χ4n) is 13.1. The van der Waals surface area contributed by atoms with Crippen LogP contribution in [0, 0.1) is 17.8 Å². The molecule has 3 saturated carbocycles. The summed E-state index contributed by atoms with van der Waals surface area (Å²) in [7, 11) is 0. The predicted octanol–water partition coefficient (Wildman–Crippen LogP) is 18.5. The maximum absolute atomic E-state index is 6.78. The van der Waals surface area contributed by atoms with Crippen LogP contribution in [0.5, 0.6) is 0 Å². The number of furan rings is 2. The summed E-state index contributed by atoms with van der Waals surface area (Å²) in [4.78, 5) is 2.44. The number of rotatable bonds is 8. The molecule has 328 valence electrons. The third-order valence-corrected chi connectivity index (χ3v) is 16.4. The van der Waals surface area contributed by atoms with E-state index in [-0.39, 0.29) is 0 Å². The van der Waals surface area contributed by atoms with E-state index in [1.807, 2.05) is 6.07 Å². The van der Waals surface area contributed by atoms with E-state index in [4.69, 9.17) is 8.83 Å². The molecule has 0 N–H and O–H groups in total. The second-order valence-electron chi connectivity index (χ2n) is 20.1. The molecule has 4 unspecified atom stereocenters. The fraction of sp³-hybridized carbons (Fsp3) is 0.169. The van der Waals surface area contributed by atoms with E-state index in [1.54, 1.807) is 5.56 Å². The van der Waals surface area contributed by atoms with Crippen molar-refractivity contribution in [3.8, 4) is 44.5 Å². The predicted molar refractivity (Wildman–Crippen MR) is 282 cm³/mol. The first kappa shape index (κ1) is 39.5. The summed E-state index contributed by atoms with van der Waals surface area (Å²) in [6.07, 6.45) is 9.86. The van der Waals surface area contributed by atoms with Crippen LogP contribution in [0.1, 0.15) is 50.5 Å². The second kappa shape index (κ2) is 15.7. The van der Waals surface area contributed by atoms with Gasteiger partial charge in [0, 0.05) is 49.6 Å². The quantitative estimate of drug-likeness (QED) is 0.152. The number of hydrogen-bond acceptors (Lipinski definition) is 3. The third-order valence-electron chi connectivity index (χ3n) is 16.4. The van der Waals surface area contributed by atoms with Crippen molar-refractivity contribution in [2.75, 3.05) is 4.90 Å². The van der Waals surface area contributed by atoms with Crippen LogP contribution in [0.4, 0.5) is 17.1 Å². The van der Waals surface area contributed by atoms with Gasteiger partial charge in [-0.1, -0.05) is 170 Å². The van der Waals surface area contributed by atoms with Gasteiger partial charge in [-0.3, -0.25) is 0 Å². The van der Waals surface area contributed by atoms with Crippen LogP contribution in [0.2, 0.25) is 0 Å². The smallest absolute Gasteiger partial charge is 0.143 e. The Morgan fingerprint density at radius 3 is 1.66 bits per heavy atom. The number of nitrogens with zero attached hydrogens (tertiary/aromatic N) is 1. The van der Waals surface area contributed by atoms with E-state index in [0.29, 0.717) is 5.41 Å². The van der Waals surface area contributed by atoms with Crippen molar-refractivity contribution < 1.29 is 8.83 Å². The molecule has 3 fully saturated rings. The van der Waals surface area contributed by atoms with Crippen LogP contribution in [0.3, 0.4) is 0 Å². The van der Waals surface area contributed by atoms with E-state index >= 15 is 0 Å². The Balaban J connectivity index is 0.939. The minimum atomic E-state index is 0.341. The molecule has 11 aromatic rings. The average Bonchev–Trinajstić information content (AvgIpc) is 3.98. The van der Waals surface area contributed by atoms with Gasteiger partial charge in [-0.25, -0.2) is 0 Å². The Hall–Kier alpha value is -7.62. The number of hydrogen-bond donors (Lipinski definition) is 0. The molecule has 3 aliphatic rings. The molecule has 2 aromatic heterocycles. The lowest BCUT2D eigenvalue weighted by molar-refractivity contribution is 0.00964. The molecule has 0 aliphatic heterocycles. The highest BCUT2D eigenvalue weighted by atomic mass is 16.3. The normalized spacial score (nSPS) is 19.9. The van der Waals surface area contributed by atoms with E-state index in [2.05, 4.69) is 205 Å². The van der Waals surface area contributed by atoms with Gasteiger partial charge in [0.25, 0.3) is 0 Å². The van der Waals surface area contributed by atoms with Crippen molar-refractivity contribution in [2.45, 2.75) is 50.4 Å². The summed E-state index contributed by atoms with van der Waals surface area (Å²) in [6.45, 7) is 0. The van der Waals surface area contributed by atoms with Crippen molar-refractivity contribution in [1.82, 2.24) is 0 Å². The summed E-state index contributed by atoms with van der Waals surface area (Å²) in [5.74, 6) is 2.78. The molecule has 3 aliphatic carbocycles. The first-order chi connectivity index (χ1) is 33.6. The van der Waals surface area contributed by atoms with Gasteiger partial charge < -0.3 is 13.7 Å². The highest BCUT2D eigenvalue weighted by molar-refractivity contribution is 6.12. The van der Waals surface area contributed by atoms with Gasteiger partial charge in [0.15, 0.2) is 0 Å². The van der Waals surface area contributed by atoms with Crippen molar-refractivity contribution in [2.24, 2.45) is 17.8 Å². The summed E-state index contributed by atoms with van der Waals surface area (Å²) in [5, 5.41) is 4.51. The van der Waals surface area contributed by atoms with Crippen LogP contribution in [0.25, 0.3) is 88.4 Å². The van der Waals surface area contributed by atoms with Crippen molar-refractivity contribution >= 4 is 60.9 Å². The Morgan fingerprint density at radius 2 is 0.956 bits per heavy atom. The topological polar surface area (TPSA) is 29.5 Å². The zero-order chi connectivity index (χ0) is 44.8. The first-order valence-electron chi connectivity index (χ1n) is 24.7. The van der Waals surface area contributed by atoms with Gasteiger partial charge in [-0.2, -0.15) is 0 Å². The SMILES string of the molecule is c1ccc(-c2ccc(N(c3ccc(-c4cccc5c4oc4ccccc45)cc3)c3cc(-c4ccc(C56CCC7CCC(CC7C5)C6)cc4)ccc3-c3cccc4c3oc3ccccc34)cc2)cc1. The standard InChI is InChI=1S/C65H51NO2/c1-2-10-43(11-3-1)44-24-31-51(32-25-44)66(52-33-26-47(27-34-52)53-14-8-16-58-55-12-4-6-18-61(55)67-63(53)58)60-39-48(28-35-54(60)57-15-9-17-59-56-13-5-7-19-62(56)68-64(57)59)45-22-29-50(30-23-45)65-37-36-46-21-20-42(40-65)38-49(46)41-65/h1-19,22-35,39,42,46,49H,20-21,36-38,40-41H2. The summed E-state index contributed by atoms with van der Waals surface area (Å²) >= 11 is 0. The molecular formula is C65H51NO2. The van der Waals surface area contributed by atoms with Crippen molar-refractivity contribution in [3.63, 3.8) is 0 Å². The van der Waals surface area contributed by atoms with Gasteiger partial charge in [0.2, 0.25) is 0 Å². The highest BCUT2D eigenvalue weighted by Crippen LogP contribution is 2.59. The Morgan fingerprint density at radius 1 is 0.397 bits per heavy atom. The lowest BCUT2D eigenvalue weighted by Crippen LogP contribution is -2.46. The summed E-state index contributed by atoms with van der Waals surface area (Å²) in [5.41, 5.74) is 17.9. The maximum atomic E-state index is 6.78. The minimum absolute atomic E-state index is 0.341. The number of benzene rings is 9. The first-order valence-corrected chi connectivity index (χ1v) is 24.7. The monoisotopic (exact) mass is 877 g/mol. The van der Waals surface area contributed by atoms with Crippen LogP contribution in [-0.2, 0) is 5.41 Å². The molecule has 0 radical (unpaired) electrons. The Bertz CT molecular complexity index is 3670. The molecule has 0 saturated heterocycles. The Kier molecular flexibility index (Phi) is 9.15. The second-order valence-corrected chi connectivity index (χ2v) is 20.1. The molecule has 2 heterocycles. The molecule has 9 aromatic carbocycles. The van der Waals surface area contributed by atoms with E-state index in [0.717, 1.165) is 101 Å². The molecule has 3 bridgehead atoms. The van der Waals surface area contributed by atoms with Gasteiger partial charge in [0.05, 0.1) is 5.69 Å². The van der Waals surface area contributed by atoms with Gasteiger partial charge in [0.1, 0.15) is 22.3 Å². The van der Waals surface area contributed by atoms with Gasteiger partial charge >= 0.3 is 0 Å². The van der Waals surface area contributed by atoms with Crippen LogP contribution >= 0.6 is 0 Å². The van der Waals surface area contributed by atoms with Gasteiger partial charge in [-0.05, 0) is 138 Å². The molecule has 3 nitrogen and oxygen atoms in total. The maximum Gasteiger partial charge on any atom is 0.143 e. The lowest BCUT2D eigenvalue weighted by atomic mass is 9.50. The Labute approximate surface area is 397 Å². The average molecular weight is 878 g/mol. The number of fused-ring (bicyclic) bond motifs is 8. The minimum Gasteiger partial charge on any atom is -0.455 e. The van der Waals surface area contributed by atoms with Crippen LogP contribution in [-0.4, -0.2) is 0 Å². The van der Waals surface area contributed by atoms with E-state index in [1.165, 1.54) is 67.2 Å². The molecule has 68 heavy (non-hydrogen) atoms. The highest BCUT2D eigenvalue weighted by Gasteiger charge is 2.49. The largest absolute Gasteiger partial charge is 0.455 e. The summed E-state index contributed by atoms with van der Waals surface area (Å²) in [6, 6.07) is 75.3. The van der Waals surface area contributed by atoms with Gasteiger partial charge in [-0.15, -0.1) is 0 Å².